The predicted molar refractivity (Wildman–Crippen MR) is 154 cm³/mol. The molecule has 5 heteroatoms. The number of anilines is 1. The van der Waals surface area contributed by atoms with E-state index in [1.54, 1.807) is 7.05 Å². The Balaban J connectivity index is 1.46. The Morgan fingerprint density at radius 3 is 2.46 bits per heavy atom. The fourth-order valence-electron chi connectivity index (χ4n) is 5.62. The summed E-state index contributed by atoms with van der Waals surface area (Å²) in [5, 5.41) is 0. The van der Waals surface area contributed by atoms with Gasteiger partial charge in [-0.2, -0.15) is 0 Å². The number of carbonyl (C=O) groups excluding carboxylic acids is 1. The molecule has 0 bridgehead atoms. The number of pyridine rings is 1. The van der Waals surface area contributed by atoms with Gasteiger partial charge in [-0.15, -0.1) is 0 Å². The van der Waals surface area contributed by atoms with Gasteiger partial charge in [-0.05, 0) is 60.6 Å². The predicted octanol–water partition coefficient (Wildman–Crippen LogP) is 6.54. The number of rotatable bonds is 7. The topological polar surface area (TPSA) is 50.0 Å². The Morgan fingerprint density at radius 1 is 1.03 bits per heavy atom. The minimum absolute atomic E-state index is 0.422. The molecule has 1 saturated heterocycles. The van der Waals surface area contributed by atoms with E-state index in [1.165, 1.54) is 11.8 Å². The van der Waals surface area contributed by atoms with E-state index >= 15 is 0 Å². The average molecular weight is 491 g/mol. The molecule has 0 aliphatic carbocycles. The third kappa shape index (κ3) is 4.62. The number of carbonyl (C=O) groups is 1. The first kappa shape index (κ1) is 24.7. The van der Waals surface area contributed by atoms with Crippen molar-refractivity contribution in [1.29, 1.82) is 0 Å². The molecule has 2 aromatic heterocycles. The molecule has 5 rings (SSSR count). The van der Waals surface area contributed by atoms with Crippen molar-refractivity contribution in [2.24, 2.45) is 4.99 Å². The highest BCUT2D eigenvalue weighted by molar-refractivity contribution is 6.09. The molecule has 5 nitrogen and oxygen atoms in total. The third-order valence-corrected chi connectivity index (χ3v) is 7.60. The number of fused-ring (bicyclic) bond motifs is 1. The van der Waals surface area contributed by atoms with Crippen molar-refractivity contribution in [2.75, 3.05) is 25.0 Å². The van der Waals surface area contributed by atoms with E-state index in [9.17, 15) is 4.79 Å². The van der Waals surface area contributed by atoms with Gasteiger partial charge in [-0.3, -0.25) is 9.39 Å². The highest BCUT2D eigenvalue weighted by atomic mass is 16.1. The Labute approximate surface area is 219 Å². The van der Waals surface area contributed by atoms with Crippen LogP contribution in [0.25, 0.3) is 22.5 Å². The van der Waals surface area contributed by atoms with Crippen molar-refractivity contribution in [1.82, 2.24) is 9.38 Å². The normalized spacial score (nSPS) is 16.0. The number of aromatic nitrogens is 2. The number of hydrogen-bond donors (Lipinski definition) is 0. The largest absolute Gasteiger partial charge is 0.358 e. The smallest absolute Gasteiger partial charge is 0.138 e. The minimum atomic E-state index is -0.422. The van der Waals surface area contributed by atoms with Gasteiger partial charge in [0.05, 0.1) is 17.3 Å². The molecule has 1 fully saturated rings. The first-order valence-corrected chi connectivity index (χ1v) is 13.1. The molecule has 4 aromatic rings. The van der Waals surface area contributed by atoms with Crippen molar-refractivity contribution < 1.29 is 4.79 Å². The molecule has 188 valence electrons. The average Bonchev–Trinajstić information content (AvgIpc) is 3.38. The molecule has 0 radical (unpaired) electrons. The van der Waals surface area contributed by atoms with Gasteiger partial charge < -0.3 is 9.69 Å². The van der Waals surface area contributed by atoms with E-state index in [1.807, 2.05) is 30.6 Å². The monoisotopic (exact) mass is 490 g/mol. The van der Waals surface area contributed by atoms with Crippen molar-refractivity contribution in [3.63, 3.8) is 0 Å². The number of benzene rings is 2. The number of piperidine rings is 1. The summed E-state index contributed by atoms with van der Waals surface area (Å²) < 4.78 is 2.24. The molecule has 1 aliphatic heterocycles. The number of nitrogens with zero attached hydrogens (tertiary/aromatic N) is 4. The van der Waals surface area contributed by atoms with Gasteiger partial charge in [-0.25, -0.2) is 4.98 Å². The van der Waals surface area contributed by atoms with E-state index in [4.69, 9.17) is 4.98 Å². The van der Waals surface area contributed by atoms with Crippen LogP contribution in [0, 0.1) is 6.92 Å². The van der Waals surface area contributed by atoms with E-state index < -0.39 is 5.41 Å². The minimum Gasteiger partial charge on any atom is -0.358 e. The van der Waals surface area contributed by atoms with Crippen LogP contribution in [-0.4, -0.2) is 42.0 Å². The van der Waals surface area contributed by atoms with Crippen molar-refractivity contribution in [3.05, 3.63) is 95.7 Å². The number of aryl methyl sites for hydroxylation is 1. The van der Waals surface area contributed by atoms with E-state index in [-0.39, 0.29) is 0 Å². The first-order valence-electron chi connectivity index (χ1n) is 13.1. The van der Waals surface area contributed by atoms with Gasteiger partial charge >= 0.3 is 0 Å². The lowest BCUT2D eigenvalue weighted by Gasteiger charge is -2.40. The first-order chi connectivity index (χ1) is 18.1. The van der Waals surface area contributed by atoms with Crippen LogP contribution in [0.4, 0.5) is 5.82 Å². The lowest BCUT2D eigenvalue weighted by atomic mass is 9.72. The number of imidazole rings is 1. The SMILES string of the molecule is CC/C=C(\C=NC)c1ccc(-c2cnc3cccc(N4CCC(C=O)(c5ccccc5C)CC4)n23)cc1. The zero-order valence-corrected chi connectivity index (χ0v) is 21.9. The summed E-state index contributed by atoms with van der Waals surface area (Å²) in [5.41, 5.74) is 7.32. The second kappa shape index (κ2) is 10.6. The highest BCUT2D eigenvalue weighted by Crippen LogP contribution is 2.37. The van der Waals surface area contributed by atoms with Gasteiger partial charge in [0.2, 0.25) is 0 Å². The maximum atomic E-state index is 12.4. The lowest BCUT2D eigenvalue weighted by Crippen LogP contribution is -2.44. The molecular weight excluding hydrogens is 456 g/mol. The summed E-state index contributed by atoms with van der Waals surface area (Å²) >= 11 is 0. The molecule has 0 unspecified atom stereocenters. The Hall–Kier alpha value is -3.99. The van der Waals surface area contributed by atoms with Crippen LogP contribution in [0.15, 0.2) is 84.0 Å². The molecule has 0 amide bonds. The fraction of sp³-hybridized carbons (Fsp3) is 0.281. The molecule has 0 N–H and O–H groups in total. The van der Waals surface area contributed by atoms with Gasteiger partial charge in [0, 0.05) is 31.9 Å². The third-order valence-electron chi connectivity index (χ3n) is 7.60. The van der Waals surface area contributed by atoms with Crippen molar-refractivity contribution >= 4 is 29.5 Å². The molecule has 0 atom stereocenters. The number of hydrogen-bond acceptors (Lipinski definition) is 4. The number of aldehydes is 1. The van der Waals surface area contributed by atoms with Gasteiger partial charge in [0.25, 0.3) is 0 Å². The van der Waals surface area contributed by atoms with E-state index in [2.05, 4.69) is 82.7 Å². The van der Waals surface area contributed by atoms with Gasteiger partial charge in [-0.1, -0.05) is 67.6 Å². The Bertz CT molecular complexity index is 1450. The quantitative estimate of drug-likeness (QED) is 0.218. The second-order valence-corrected chi connectivity index (χ2v) is 9.83. The summed E-state index contributed by atoms with van der Waals surface area (Å²) in [6.07, 6.45) is 9.80. The summed E-state index contributed by atoms with van der Waals surface area (Å²) in [5.74, 6) is 1.11. The van der Waals surface area contributed by atoms with Crippen LogP contribution in [0.1, 0.15) is 42.9 Å². The maximum Gasteiger partial charge on any atom is 0.138 e. The van der Waals surface area contributed by atoms with E-state index in [0.29, 0.717) is 0 Å². The highest BCUT2D eigenvalue weighted by Gasteiger charge is 2.37. The Kier molecular flexibility index (Phi) is 7.04. The summed E-state index contributed by atoms with van der Waals surface area (Å²) in [6, 6.07) is 23.2. The van der Waals surface area contributed by atoms with Crippen LogP contribution in [0.2, 0.25) is 0 Å². The summed E-state index contributed by atoms with van der Waals surface area (Å²) in [7, 11) is 1.80. The van der Waals surface area contributed by atoms with Crippen molar-refractivity contribution in [3.8, 4) is 11.3 Å². The lowest BCUT2D eigenvalue weighted by molar-refractivity contribution is -0.113. The van der Waals surface area contributed by atoms with Gasteiger partial charge in [0.1, 0.15) is 17.8 Å². The molecule has 3 heterocycles. The number of aliphatic imine (C=N–C) groups is 1. The molecule has 1 aliphatic rings. The van der Waals surface area contributed by atoms with Crippen LogP contribution in [0.3, 0.4) is 0 Å². The number of allylic oxidation sites excluding steroid dienone is 2. The fourth-order valence-corrected chi connectivity index (χ4v) is 5.62. The second-order valence-electron chi connectivity index (χ2n) is 9.83. The van der Waals surface area contributed by atoms with Gasteiger partial charge in [0.15, 0.2) is 0 Å². The van der Waals surface area contributed by atoms with Crippen LogP contribution in [-0.2, 0) is 10.2 Å². The van der Waals surface area contributed by atoms with Crippen LogP contribution in [0.5, 0.6) is 0 Å². The zero-order valence-electron chi connectivity index (χ0n) is 21.9. The van der Waals surface area contributed by atoms with Crippen LogP contribution >= 0.6 is 0 Å². The summed E-state index contributed by atoms with van der Waals surface area (Å²) in [4.78, 5) is 23.7. The maximum absolute atomic E-state index is 12.4. The molecular formula is C32H34N4O. The zero-order chi connectivity index (χ0) is 25.8. The summed E-state index contributed by atoms with van der Waals surface area (Å²) in [6.45, 7) is 5.86. The van der Waals surface area contributed by atoms with Crippen LogP contribution < -0.4 is 4.90 Å². The molecule has 0 spiro atoms. The van der Waals surface area contributed by atoms with E-state index in [0.717, 1.165) is 71.8 Å². The molecule has 37 heavy (non-hydrogen) atoms. The standard InChI is InChI=1S/C32H34N4O/c1-4-8-27(21-33-3)25-13-15-26(16-14-25)29-22-34-30-11-7-12-31(36(29)30)35-19-17-32(23-37,18-20-35)28-10-6-5-9-24(28)2/h5-16,21-23H,4,17-20H2,1-3H3/b27-8+,33-21?. The molecule has 0 saturated carbocycles. The molecule has 2 aromatic carbocycles. The van der Waals surface area contributed by atoms with Crippen molar-refractivity contribution in [2.45, 2.75) is 38.5 Å². The Morgan fingerprint density at radius 2 is 1.78 bits per heavy atom.